The molecule has 1 heterocycles. The zero-order valence-electron chi connectivity index (χ0n) is 10.1. The van der Waals surface area contributed by atoms with Gasteiger partial charge in [-0.25, -0.2) is 4.39 Å². The monoisotopic (exact) mass is 238 g/mol. The lowest BCUT2D eigenvalue weighted by molar-refractivity contribution is 0.103. The lowest BCUT2D eigenvalue weighted by Gasteiger charge is -2.29. The molecule has 0 aliphatic carbocycles. The second-order valence-electron chi connectivity index (χ2n) is 4.59. The molecule has 2 rings (SSSR count). The van der Waals surface area contributed by atoms with Crippen LogP contribution < -0.4 is 5.32 Å². The van der Waals surface area contributed by atoms with Gasteiger partial charge in [-0.15, -0.1) is 0 Å². The van der Waals surface area contributed by atoms with Crippen molar-refractivity contribution in [2.45, 2.75) is 13.0 Å². The molecular weight excluding hydrogens is 219 g/mol. The fourth-order valence-corrected chi connectivity index (χ4v) is 2.16. The molecule has 1 aliphatic rings. The topological polar surface area (TPSA) is 35.5 Å². The van der Waals surface area contributed by atoms with Crippen LogP contribution in [0.15, 0.2) is 18.2 Å². The first kappa shape index (κ1) is 12.5. The van der Waals surface area contributed by atoms with Crippen molar-refractivity contribution in [3.63, 3.8) is 0 Å². The van der Waals surface area contributed by atoms with Crippen LogP contribution in [0.5, 0.6) is 0 Å². The third-order valence-electron chi connectivity index (χ3n) is 3.15. The highest BCUT2D eigenvalue weighted by molar-refractivity contribution is 5.26. The van der Waals surface area contributed by atoms with E-state index in [2.05, 4.69) is 10.2 Å². The molecule has 1 aliphatic heterocycles. The van der Waals surface area contributed by atoms with Gasteiger partial charge in [0.15, 0.2) is 0 Å². The van der Waals surface area contributed by atoms with Crippen molar-refractivity contribution in [1.29, 1.82) is 0 Å². The Morgan fingerprint density at radius 3 is 2.82 bits per heavy atom. The smallest absolute Gasteiger partial charge is 0.129 e. The Kier molecular flexibility index (Phi) is 4.10. The van der Waals surface area contributed by atoms with Crippen LogP contribution in [0.2, 0.25) is 0 Å². The minimum atomic E-state index is -0.743. The van der Waals surface area contributed by atoms with Gasteiger partial charge in [-0.2, -0.15) is 0 Å². The van der Waals surface area contributed by atoms with Crippen molar-refractivity contribution in [1.82, 2.24) is 10.2 Å². The van der Waals surface area contributed by atoms with Gasteiger partial charge in [-0.1, -0.05) is 17.7 Å². The van der Waals surface area contributed by atoms with Crippen molar-refractivity contribution in [3.8, 4) is 0 Å². The van der Waals surface area contributed by atoms with Crippen molar-refractivity contribution >= 4 is 0 Å². The van der Waals surface area contributed by atoms with E-state index in [0.29, 0.717) is 12.1 Å². The van der Waals surface area contributed by atoms with Crippen LogP contribution in [0.3, 0.4) is 0 Å². The fraction of sp³-hybridized carbons (Fsp3) is 0.538. The van der Waals surface area contributed by atoms with Crippen LogP contribution in [0.4, 0.5) is 4.39 Å². The summed E-state index contributed by atoms with van der Waals surface area (Å²) >= 11 is 0. The molecule has 2 N–H and O–H groups in total. The highest BCUT2D eigenvalue weighted by Gasteiger charge is 2.18. The van der Waals surface area contributed by atoms with Gasteiger partial charge in [0, 0.05) is 38.3 Å². The first-order valence-electron chi connectivity index (χ1n) is 6.04. The van der Waals surface area contributed by atoms with Crippen molar-refractivity contribution in [3.05, 3.63) is 35.1 Å². The fourth-order valence-electron chi connectivity index (χ4n) is 2.16. The Hall–Kier alpha value is -0.970. The maximum atomic E-state index is 13.6. The van der Waals surface area contributed by atoms with E-state index in [1.165, 1.54) is 6.07 Å². The Labute approximate surface area is 101 Å². The Bertz CT molecular complexity index is 378. The predicted molar refractivity (Wildman–Crippen MR) is 65.4 cm³/mol. The number of aliphatic hydroxyl groups excluding tert-OH is 1. The summed E-state index contributed by atoms with van der Waals surface area (Å²) in [6.07, 6.45) is -0.743. The SMILES string of the molecule is Cc1ccc(F)c(C(O)CN2CCNCC2)c1. The van der Waals surface area contributed by atoms with Crippen molar-refractivity contribution in [2.24, 2.45) is 0 Å². The Morgan fingerprint density at radius 2 is 2.12 bits per heavy atom. The van der Waals surface area contributed by atoms with Crippen LogP contribution in [0.1, 0.15) is 17.2 Å². The summed E-state index contributed by atoms with van der Waals surface area (Å²) in [7, 11) is 0. The van der Waals surface area contributed by atoms with Crippen molar-refractivity contribution < 1.29 is 9.50 Å². The van der Waals surface area contributed by atoms with E-state index in [0.717, 1.165) is 31.7 Å². The largest absolute Gasteiger partial charge is 0.387 e. The maximum Gasteiger partial charge on any atom is 0.129 e. The third-order valence-corrected chi connectivity index (χ3v) is 3.15. The molecule has 1 unspecified atom stereocenters. The van der Waals surface area contributed by atoms with Crippen LogP contribution in [0, 0.1) is 12.7 Å². The van der Waals surface area contributed by atoms with Gasteiger partial charge in [0.25, 0.3) is 0 Å². The number of halogens is 1. The van der Waals surface area contributed by atoms with Gasteiger partial charge in [0.2, 0.25) is 0 Å². The molecule has 0 amide bonds. The summed E-state index contributed by atoms with van der Waals surface area (Å²) in [5.74, 6) is -0.321. The highest BCUT2D eigenvalue weighted by atomic mass is 19.1. The van der Waals surface area contributed by atoms with Crippen LogP contribution in [-0.4, -0.2) is 42.7 Å². The molecule has 0 spiro atoms. The summed E-state index contributed by atoms with van der Waals surface area (Å²) in [4.78, 5) is 2.16. The molecule has 1 atom stereocenters. The Balaban J connectivity index is 2.02. The number of rotatable bonds is 3. The second-order valence-corrected chi connectivity index (χ2v) is 4.59. The highest BCUT2D eigenvalue weighted by Crippen LogP contribution is 2.19. The van der Waals surface area contributed by atoms with Gasteiger partial charge >= 0.3 is 0 Å². The molecule has 0 bridgehead atoms. The van der Waals surface area contributed by atoms with E-state index in [1.807, 2.05) is 6.92 Å². The minimum Gasteiger partial charge on any atom is -0.387 e. The molecule has 1 aromatic rings. The van der Waals surface area contributed by atoms with Gasteiger partial charge in [0.1, 0.15) is 5.82 Å². The molecular formula is C13H19FN2O. The number of hydrogen-bond donors (Lipinski definition) is 2. The first-order chi connectivity index (χ1) is 8.16. The zero-order valence-corrected chi connectivity index (χ0v) is 10.1. The summed E-state index contributed by atoms with van der Waals surface area (Å²) in [6.45, 7) is 6.09. The second kappa shape index (κ2) is 5.58. The molecule has 1 fully saturated rings. The van der Waals surface area contributed by atoms with Crippen molar-refractivity contribution in [2.75, 3.05) is 32.7 Å². The summed E-state index contributed by atoms with van der Waals surface area (Å²) in [5, 5.41) is 13.3. The summed E-state index contributed by atoms with van der Waals surface area (Å²) in [6, 6.07) is 4.87. The van der Waals surface area contributed by atoms with E-state index in [9.17, 15) is 9.50 Å². The third kappa shape index (κ3) is 3.25. The summed E-state index contributed by atoms with van der Waals surface area (Å²) in [5.41, 5.74) is 1.38. The first-order valence-corrected chi connectivity index (χ1v) is 6.04. The molecule has 94 valence electrons. The summed E-state index contributed by atoms with van der Waals surface area (Å²) < 4.78 is 13.6. The average Bonchev–Trinajstić information content (AvgIpc) is 2.33. The molecule has 0 saturated carbocycles. The van der Waals surface area contributed by atoms with Gasteiger partial charge in [0.05, 0.1) is 6.10 Å². The molecule has 0 aromatic heterocycles. The number of nitrogens with zero attached hydrogens (tertiary/aromatic N) is 1. The predicted octanol–water partition coefficient (Wildman–Crippen LogP) is 1.07. The van der Waals surface area contributed by atoms with Crippen LogP contribution in [0.25, 0.3) is 0 Å². The Morgan fingerprint density at radius 1 is 1.41 bits per heavy atom. The van der Waals surface area contributed by atoms with E-state index in [4.69, 9.17) is 0 Å². The van der Waals surface area contributed by atoms with E-state index in [-0.39, 0.29) is 5.82 Å². The minimum absolute atomic E-state index is 0.321. The number of aryl methyl sites for hydroxylation is 1. The zero-order chi connectivity index (χ0) is 12.3. The molecule has 3 nitrogen and oxygen atoms in total. The van der Waals surface area contributed by atoms with Gasteiger partial charge in [-0.05, 0) is 13.0 Å². The van der Waals surface area contributed by atoms with Crippen LogP contribution >= 0.6 is 0 Å². The van der Waals surface area contributed by atoms with E-state index >= 15 is 0 Å². The molecule has 1 saturated heterocycles. The number of benzene rings is 1. The number of β-amino-alcohol motifs (C(OH)–C–C–N with tert-alkyl or cyclic N) is 1. The number of hydrogen-bond acceptors (Lipinski definition) is 3. The van der Waals surface area contributed by atoms with Gasteiger partial charge < -0.3 is 10.4 Å². The number of aliphatic hydroxyl groups is 1. The molecule has 0 radical (unpaired) electrons. The number of piperazine rings is 1. The lowest BCUT2D eigenvalue weighted by atomic mass is 10.1. The maximum absolute atomic E-state index is 13.6. The lowest BCUT2D eigenvalue weighted by Crippen LogP contribution is -2.45. The molecule has 17 heavy (non-hydrogen) atoms. The average molecular weight is 238 g/mol. The van der Waals surface area contributed by atoms with E-state index in [1.54, 1.807) is 12.1 Å². The standard InChI is InChI=1S/C13H19FN2O/c1-10-2-3-12(14)11(8-10)13(17)9-16-6-4-15-5-7-16/h2-3,8,13,15,17H,4-7,9H2,1H3. The van der Waals surface area contributed by atoms with E-state index < -0.39 is 6.10 Å². The quantitative estimate of drug-likeness (QED) is 0.827. The number of nitrogens with one attached hydrogen (secondary N) is 1. The molecule has 4 heteroatoms. The van der Waals surface area contributed by atoms with Gasteiger partial charge in [-0.3, -0.25) is 4.90 Å². The normalized spacial score (nSPS) is 19.2. The molecule has 1 aromatic carbocycles. The van der Waals surface area contributed by atoms with Crippen LogP contribution in [-0.2, 0) is 0 Å².